The molecular weight excluding hydrogens is 396 g/mol. The van der Waals surface area contributed by atoms with E-state index in [0.717, 1.165) is 33.5 Å². The topological polar surface area (TPSA) is 52.9 Å². The molecule has 5 heteroatoms. The number of amides is 1. The Bertz CT molecular complexity index is 1150. The average molecular weight is 419 g/mol. The SMILES string of the molecule is Cc1ccc(C)c(CC2N=C(c3ccc(O)cc3)c3cc(Cl)ccc3N(C)C2=O)c1. The lowest BCUT2D eigenvalue weighted by atomic mass is 9.98. The molecule has 0 saturated heterocycles. The lowest BCUT2D eigenvalue weighted by Gasteiger charge is -2.21. The van der Waals surface area contributed by atoms with E-state index in [0.29, 0.717) is 17.2 Å². The quantitative estimate of drug-likeness (QED) is 0.644. The summed E-state index contributed by atoms with van der Waals surface area (Å²) in [6.07, 6.45) is 0.514. The van der Waals surface area contributed by atoms with E-state index in [1.54, 1.807) is 30.1 Å². The summed E-state index contributed by atoms with van der Waals surface area (Å²) < 4.78 is 0. The zero-order chi connectivity index (χ0) is 21.4. The van der Waals surface area contributed by atoms with Crippen LogP contribution in [0.15, 0.2) is 65.7 Å². The number of carbonyl (C=O) groups excluding carboxylic acids is 1. The van der Waals surface area contributed by atoms with Gasteiger partial charge in [0.25, 0.3) is 5.91 Å². The van der Waals surface area contributed by atoms with Crippen molar-refractivity contribution in [1.82, 2.24) is 0 Å². The summed E-state index contributed by atoms with van der Waals surface area (Å²) in [5.41, 5.74) is 6.49. The number of benzodiazepines with no additional fused rings is 1. The summed E-state index contributed by atoms with van der Waals surface area (Å²) in [4.78, 5) is 20.0. The fourth-order valence-electron chi connectivity index (χ4n) is 3.82. The van der Waals surface area contributed by atoms with E-state index in [4.69, 9.17) is 16.6 Å². The normalized spacial score (nSPS) is 16.1. The van der Waals surface area contributed by atoms with Crippen molar-refractivity contribution in [2.45, 2.75) is 26.3 Å². The highest BCUT2D eigenvalue weighted by atomic mass is 35.5. The van der Waals surface area contributed by atoms with Gasteiger partial charge >= 0.3 is 0 Å². The number of hydrogen-bond acceptors (Lipinski definition) is 3. The molecule has 4 nitrogen and oxygen atoms in total. The molecule has 1 atom stereocenters. The molecule has 3 aromatic carbocycles. The van der Waals surface area contributed by atoms with E-state index in [1.165, 1.54) is 0 Å². The van der Waals surface area contributed by atoms with Gasteiger partial charge in [0.1, 0.15) is 11.8 Å². The highest BCUT2D eigenvalue weighted by Crippen LogP contribution is 2.31. The van der Waals surface area contributed by atoms with Crippen LogP contribution < -0.4 is 4.90 Å². The molecule has 0 radical (unpaired) electrons. The second-order valence-corrected chi connectivity index (χ2v) is 8.17. The number of phenols is 1. The van der Waals surface area contributed by atoms with Crippen LogP contribution >= 0.6 is 11.6 Å². The zero-order valence-electron chi connectivity index (χ0n) is 17.2. The fourth-order valence-corrected chi connectivity index (χ4v) is 4.00. The first-order valence-electron chi connectivity index (χ1n) is 9.84. The van der Waals surface area contributed by atoms with Crippen molar-refractivity contribution in [2.24, 2.45) is 4.99 Å². The molecule has 4 rings (SSSR count). The Morgan fingerprint density at radius 3 is 2.50 bits per heavy atom. The van der Waals surface area contributed by atoms with Crippen molar-refractivity contribution in [2.75, 3.05) is 11.9 Å². The van der Waals surface area contributed by atoms with E-state index >= 15 is 0 Å². The van der Waals surface area contributed by atoms with Crippen molar-refractivity contribution in [3.63, 3.8) is 0 Å². The Morgan fingerprint density at radius 2 is 1.77 bits per heavy atom. The number of nitrogens with zero attached hydrogens (tertiary/aromatic N) is 2. The molecule has 1 heterocycles. The molecule has 1 aliphatic heterocycles. The van der Waals surface area contributed by atoms with Gasteiger partial charge in [-0.3, -0.25) is 9.79 Å². The number of phenolic OH excluding ortho intramolecular Hbond substituents is 1. The summed E-state index contributed by atoms with van der Waals surface area (Å²) >= 11 is 6.30. The number of anilines is 1. The number of fused-ring (bicyclic) bond motifs is 1. The second-order valence-electron chi connectivity index (χ2n) is 7.73. The average Bonchev–Trinajstić information content (AvgIpc) is 2.82. The van der Waals surface area contributed by atoms with Gasteiger partial charge in [-0.05, 0) is 67.4 Å². The third-order valence-electron chi connectivity index (χ3n) is 5.53. The summed E-state index contributed by atoms with van der Waals surface area (Å²) in [6.45, 7) is 4.10. The molecule has 3 aromatic rings. The third kappa shape index (κ3) is 3.83. The van der Waals surface area contributed by atoms with Crippen molar-refractivity contribution in [3.05, 3.63) is 93.5 Å². The van der Waals surface area contributed by atoms with Crippen LogP contribution in [0.2, 0.25) is 5.02 Å². The van der Waals surface area contributed by atoms with Crippen molar-refractivity contribution in [1.29, 1.82) is 0 Å². The number of aryl methyl sites for hydroxylation is 2. The van der Waals surface area contributed by atoms with Gasteiger partial charge in [-0.1, -0.05) is 35.4 Å². The molecular formula is C25H23ClN2O2. The summed E-state index contributed by atoms with van der Waals surface area (Å²) in [7, 11) is 1.78. The van der Waals surface area contributed by atoms with Crippen LogP contribution in [-0.4, -0.2) is 29.8 Å². The first kappa shape index (κ1) is 20.2. The van der Waals surface area contributed by atoms with E-state index in [9.17, 15) is 9.90 Å². The summed E-state index contributed by atoms with van der Waals surface area (Å²) in [5, 5.41) is 10.3. The van der Waals surface area contributed by atoms with E-state index < -0.39 is 6.04 Å². The van der Waals surface area contributed by atoms with E-state index in [-0.39, 0.29) is 11.7 Å². The lowest BCUT2D eigenvalue weighted by molar-refractivity contribution is -0.119. The number of halogens is 1. The molecule has 0 bridgehead atoms. The maximum absolute atomic E-state index is 13.4. The molecule has 0 aliphatic carbocycles. The molecule has 1 amide bonds. The van der Waals surface area contributed by atoms with Crippen LogP contribution in [-0.2, 0) is 11.2 Å². The standard InChI is InChI=1S/C25H23ClN2O2/c1-15-4-5-16(2)18(12-15)13-22-25(30)28(3)23-11-8-19(26)14-21(23)24(27-22)17-6-9-20(29)10-7-17/h4-12,14,22,29H,13H2,1-3H3. The zero-order valence-corrected chi connectivity index (χ0v) is 17.9. The number of aliphatic imine (C=N–C) groups is 1. The summed E-state index contributed by atoms with van der Waals surface area (Å²) in [5.74, 6) is 0.118. The van der Waals surface area contributed by atoms with Crippen molar-refractivity contribution < 1.29 is 9.90 Å². The molecule has 0 spiro atoms. The van der Waals surface area contributed by atoms with Gasteiger partial charge in [-0.25, -0.2) is 0 Å². The predicted molar refractivity (Wildman–Crippen MR) is 122 cm³/mol. The van der Waals surface area contributed by atoms with Gasteiger partial charge < -0.3 is 10.0 Å². The van der Waals surface area contributed by atoms with Gasteiger partial charge in [0, 0.05) is 29.6 Å². The highest BCUT2D eigenvalue weighted by molar-refractivity contribution is 6.32. The van der Waals surface area contributed by atoms with Crippen molar-refractivity contribution >= 4 is 28.9 Å². The minimum absolute atomic E-state index is 0.0618. The number of hydrogen-bond donors (Lipinski definition) is 1. The van der Waals surface area contributed by atoms with Gasteiger partial charge in [0.2, 0.25) is 0 Å². The first-order chi connectivity index (χ1) is 14.3. The monoisotopic (exact) mass is 418 g/mol. The third-order valence-corrected chi connectivity index (χ3v) is 5.77. The number of aromatic hydroxyl groups is 1. The van der Waals surface area contributed by atoms with E-state index in [1.807, 2.05) is 31.2 Å². The van der Waals surface area contributed by atoms with Crippen molar-refractivity contribution in [3.8, 4) is 5.75 Å². The second kappa shape index (κ2) is 7.96. The molecule has 1 aliphatic rings. The van der Waals surface area contributed by atoms with Crippen LogP contribution in [0.4, 0.5) is 5.69 Å². The molecule has 152 valence electrons. The van der Waals surface area contributed by atoms with Crippen LogP contribution in [0.1, 0.15) is 27.8 Å². The number of carbonyl (C=O) groups is 1. The Hall–Kier alpha value is -3.11. The lowest BCUT2D eigenvalue weighted by Crippen LogP contribution is -2.36. The largest absolute Gasteiger partial charge is 0.508 e. The van der Waals surface area contributed by atoms with Gasteiger partial charge in [-0.15, -0.1) is 0 Å². The number of rotatable bonds is 3. The molecule has 30 heavy (non-hydrogen) atoms. The minimum atomic E-state index is -0.564. The van der Waals surface area contributed by atoms with E-state index in [2.05, 4.69) is 25.1 Å². The van der Waals surface area contributed by atoms with Gasteiger partial charge in [-0.2, -0.15) is 0 Å². The molecule has 1 unspecified atom stereocenters. The van der Waals surface area contributed by atoms with Crippen LogP contribution in [0.5, 0.6) is 5.75 Å². The summed E-state index contributed by atoms with van der Waals surface area (Å²) in [6, 6.07) is 18.0. The smallest absolute Gasteiger partial charge is 0.251 e. The number of benzene rings is 3. The highest BCUT2D eigenvalue weighted by Gasteiger charge is 2.30. The Balaban J connectivity index is 1.88. The minimum Gasteiger partial charge on any atom is -0.508 e. The Labute approximate surface area is 181 Å². The first-order valence-corrected chi connectivity index (χ1v) is 10.2. The maximum atomic E-state index is 13.4. The number of likely N-dealkylation sites (N-methyl/N-ethyl adjacent to an activating group) is 1. The van der Waals surface area contributed by atoms with Gasteiger partial charge in [0.15, 0.2) is 0 Å². The maximum Gasteiger partial charge on any atom is 0.251 e. The fraction of sp³-hybridized carbons (Fsp3) is 0.200. The molecule has 0 saturated carbocycles. The van der Waals surface area contributed by atoms with Crippen LogP contribution in [0.3, 0.4) is 0 Å². The predicted octanol–water partition coefficient (Wildman–Crippen LogP) is 5.09. The molecule has 1 N–H and O–H groups in total. The molecule has 0 fully saturated rings. The Kier molecular flexibility index (Phi) is 5.35. The Morgan fingerprint density at radius 1 is 1.03 bits per heavy atom. The van der Waals surface area contributed by atoms with Crippen LogP contribution in [0, 0.1) is 13.8 Å². The molecule has 0 aromatic heterocycles. The van der Waals surface area contributed by atoms with Gasteiger partial charge in [0.05, 0.1) is 11.4 Å². The van der Waals surface area contributed by atoms with Crippen LogP contribution in [0.25, 0.3) is 0 Å².